The van der Waals surface area contributed by atoms with Crippen molar-refractivity contribution in [2.75, 3.05) is 14.2 Å². The van der Waals surface area contributed by atoms with Crippen LogP contribution in [0, 0.1) is 17.7 Å². The number of hydrogen-bond acceptors (Lipinski definition) is 3. The van der Waals surface area contributed by atoms with Crippen LogP contribution in [-0.4, -0.2) is 30.1 Å². The van der Waals surface area contributed by atoms with Gasteiger partial charge in [0.1, 0.15) is 5.82 Å². The second kappa shape index (κ2) is 7.48. The topological polar surface area (TPSA) is 42.4 Å². The second-order valence-corrected chi connectivity index (χ2v) is 6.98. The largest absolute Gasteiger partial charge is 0.275 e. The minimum atomic E-state index is -0.225. The summed E-state index contributed by atoms with van der Waals surface area (Å²) in [5, 5.41) is 2.23. The molecule has 0 saturated heterocycles. The van der Waals surface area contributed by atoms with E-state index in [2.05, 4.69) is 4.98 Å². The summed E-state index contributed by atoms with van der Waals surface area (Å²) >= 11 is 0. The van der Waals surface area contributed by atoms with Gasteiger partial charge in [-0.05, 0) is 67.3 Å². The van der Waals surface area contributed by atoms with Crippen LogP contribution >= 0.6 is 0 Å². The number of carbonyl (C=O) groups excluding carboxylic acids is 1. The lowest BCUT2D eigenvalue weighted by molar-refractivity contribution is -0.175. The average molecular weight is 344 g/mol. The molecule has 1 aliphatic rings. The first-order valence-electron chi connectivity index (χ1n) is 8.87. The number of carbonyl (C=O) groups is 1. The Morgan fingerprint density at radius 3 is 2.68 bits per heavy atom. The molecule has 1 aromatic heterocycles. The summed E-state index contributed by atoms with van der Waals surface area (Å²) in [7, 11) is 3.16. The Labute approximate surface area is 147 Å². The number of rotatable bonds is 4. The van der Waals surface area contributed by atoms with Crippen molar-refractivity contribution in [2.45, 2.75) is 38.5 Å². The van der Waals surface area contributed by atoms with Crippen molar-refractivity contribution in [1.82, 2.24) is 10.0 Å². The molecule has 5 heteroatoms. The van der Waals surface area contributed by atoms with Crippen LogP contribution in [0.3, 0.4) is 0 Å². The van der Waals surface area contributed by atoms with Crippen molar-refractivity contribution >= 4 is 16.8 Å². The summed E-state index contributed by atoms with van der Waals surface area (Å²) in [6.45, 7) is 1.99. The Kier molecular flexibility index (Phi) is 5.33. The normalized spacial score (nSPS) is 21.9. The maximum Gasteiger partial charge on any atom is 0.248 e. The van der Waals surface area contributed by atoms with Crippen LogP contribution in [0.5, 0.6) is 0 Å². The predicted molar refractivity (Wildman–Crippen MR) is 95.3 cm³/mol. The molecule has 3 rings (SSSR count). The van der Waals surface area contributed by atoms with Gasteiger partial charge in [-0.15, -0.1) is 0 Å². The van der Waals surface area contributed by atoms with Gasteiger partial charge in [0.15, 0.2) is 0 Å². The van der Waals surface area contributed by atoms with E-state index in [9.17, 15) is 9.18 Å². The maximum atomic E-state index is 13.7. The van der Waals surface area contributed by atoms with Crippen molar-refractivity contribution in [3.05, 3.63) is 41.8 Å². The molecule has 25 heavy (non-hydrogen) atoms. The first-order valence-corrected chi connectivity index (χ1v) is 8.87. The summed E-state index contributed by atoms with van der Waals surface area (Å²) in [6, 6.07) is 6.79. The van der Waals surface area contributed by atoms with Gasteiger partial charge in [-0.2, -0.15) is 0 Å². The number of pyridine rings is 1. The monoisotopic (exact) mass is 344 g/mol. The number of halogens is 1. The zero-order valence-corrected chi connectivity index (χ0v) is 15.0. The van der Waals surface area contributed by atoms with E-state index >= 15 is 0 Å². The van der Waals surface area contributed by atoms with Gasteiger partial charge in [-0.3, -0.25) is 14.6 Å². The van der Waals surface area contributed by atoms with Crippen LogP contribution in [0.2, 0.25) is 0 Å². The van der Waals surface area contributed by atoms with E-state index in [1.165, 1.54) is 23.8 Å². The van der Waals surface area contributed by atoms with Gasteiger partial charge in [0.05, 0.1) is 12.6 Å². The van der Waals surface area contributed by atoms with Crippen LogP contribution in [0.1, 0.15) is 44.1 Å². The van der Waals surface area contributed by atoms with Gasteiger partial charge < -0.3 is 0 Å². The molecule has 1 aliphatic carbocycles. The molecule has 0 aliphatic heterocycles. The van der Waals surface area contributed by atoms with Gasteiger partial charge in [0, 0.05) is 24.5 Å². The predicted octanol–water partition coefficient (Wildman–Crippen LogP) is 4.30. The second-order valence-electron chi connectivity index (χ2n) is 6.98. The lowest BCUT2D eigenvalue weighted by Gasteiger charge is -2.33. The molecule has 0 N–H and O–H groups in total. The number of amides is 1. The van der Waals surface area contributed by atoms with Gasteiger partial charge in [-0.1, -0.05) is 6.92 Å². The molecule has 1 aromatic carbocycles. The van der Waals surface area contributed by atoms with E-state index in [0.717, 1.165) is 36.6 Å². The van der Waals surface area contributed by atoms with E-state index in [1.54, 1.807) is 25.4 Å². The highest BCUT2D eigenvalue weighted by Gasteiger charge is 2.31. The molecule has 4 nitrogen and oxygen atoms in total. The highest BCUT2D eigenvalue weighted by Crippen LogP contribution is 2.41. The smallest absolute Gasteiger partial charge is 0.248 e. The maximum absolute atomic E-state index is 13.7. The lowest BCUT2D eigenvalue weighted by Crippen LogP contribution is -2.35. The van der Waals surface area contributed by atoms with Crippen LogP contribution in [0.4, 0.5) is 4.39 Å². The van der Waals surface area contributed by atoms with E-state index in [-0.39, 0.29) is 17.6 Å². The third-order valence-corrected chi connectivity index (χ3v) is 5.63. The molecule has 0 radical (unpaired) electrons. The molecule has 2 aromatic rings. The van der Waals surface area contributed by atoms with Gasteiger partial charge in [0.25, 0.3) is 0 Å². The Morgan fingerprint density at radius 1 is 1.28 bits per heavy atom. The molecule has 0 bridgehead atoms. The molecule has 1 heterocycles. The van der Waals surface area contributed by atoms with Crippen LogP contribution < -0.4 is 0 Å². The van der Waals surface area contributed by atoms with Gasteiger partial charge >= 0.3 is 0 Å². The van der Waals surface area contributed by atoms with Crippen molar-refractivity contribution in [2.24, 2.45) is 11.8 Å². The van der Waals surface area contributed by atoms with Crippen LogP contribution in [0.25, 0.3) is 10.9 Å². The summed E-state index contributed by atoms with van der Waals surface area (Å²) in [5.41, 5.74) is 2.02. The van der Waals surface area contributed by atoms with E-state index in [4.69, 9.17) is 4.84 Å². The standard InChI is InChI=1S/C20H25FN2O2/c1-13(20(24)23(2)25-3)14-4-6-15(7-5-14)17-10-11-22-19-9-8-16(21)12-18(17)19/h8-15H,4-7H2,1-3H3/t13-,14-,15+/m1/s1. The van der Waals surface area contributed by atoms with E-state index in [0.29, 0.717) is 11.8 Å². The minimum Gasteiger partial charge on any atom is -0.275 e. The van der Waals surface area contributed by atoms with Crippen molar-refractivity contribution in [3.63, 3.8) is 0 Å². The summed E-state index contributed by atoms with van der Waals surface area (Å²) in [5.74, 6) is 0.523. The number of benzene rings is 1. The molecule has 1 saturated carbocycles. The fraction of sp³-hybridized carbons (Fsp3) is 0.500. The fourth-order valence-electron chi connectivity index (χ4n) is 4.00. The highest BCUT2D eigenvalue weighted by atomic mass is 19.1. The summed E-state index contributed by atoms with van der Waals surface area (Å²) in [6.07, 6.45) is 5.81. The first kappa shape index (κ1) is 17.8. The molecule has 0 spiro atoms. The molecule has 1 fully saturated rings. The third-order valence-electron chi connectivity index (χ3n) is 5.63. The van der Waals surface area contributed by atoms with Crippen LogP contribution in [0.15, 0.2) is 30.5 Å². The lowest BCUT2D eigenvalue weighted by atomic mass is 9.73. The van der Waals surface area contributed by atoms with Crippen molar-refractivity contribution in [3.8, 4) is 0 Å². The number of hydroxylamine groups is 2. The summed E-state index contributed by atoms with van der Waals surface area (Å²) < 4.78 is 13.7. The quantitative estimate of drug-likeness (QED) is 0.777. The van der Waals surface area contributed by atoms with E-state index < -0.39 is 0 Å². The van der Waals surface area contributed by atoms with Crippen molar-refractivity contribution < 1.29 is 14.0 Å². The first-order chi connectivity index (χ1) is 12.0. The number of nitrogens with zero attached hydrogens (tertiary/aromatic N) is 2. The molecular weight excluding hydrogens is 319 g/mol. The third kappa shape index (κ3) is 3.66. The summed E-state index contributed by atoms with van der Waals surface area (Å²) in [4.78, 5) is 21.6. The molecule has 1 atom stereocenters. The number of hydrogen-bond donors (Lipinski definition) is 0. The Balaban J connectivity index is 1.73. The van der Waals surface area contributed by atoms with Crippen LogP contribution in [-0.2, 0) is 9.63 Å². The fourth-order valence-corrected chi connectivity index (χ4v) is 4.00. The highest BCUT2D eigenvalue weighted by molar-refractivity contribution is 5.82. The zero-order chi connectivity index (χ0) is 18.0. The minimum absolute atomic E-state index is 0.0300. The Bertz CT molecular complexity index is 756. The number of aromatic nitrogens is 1. The SMILES string of the molecule is CON(C)C(=O)[C@H](C)[C@H]1CC[C@@H](c2ccnc3ccc(F)cc32)CC1. The van der Waals surface area contributed by atoms with Crippen molar-refractivity contribution in [1.29, 1.82) is 0 Å². The molecule has 134 valence electrons. The Morgan fingerprint density at radius 2 is 2.00 bits per heavy atom. The van der Waals surface area contributed by atoms with Gasteiger partial charge in [-0.25, -0.2) is 9.45 Å². The van der Waals surface area contributed by atoms with Gasteiger partial charge in [0.2, 0.25) is 5.91 Å². The number of fused-ring (bicyclic) bond motifs is 1. The molecular formula is C20H25FN2O2. The average Bonchev–Trinajstić information content (AvgIpc) is 2.65. The molecule has 0 unspecified atom stereocenters. The molecule has 1 amide bonds. The Hall–Kier alpha value is -2.01. The van der Waals surface area contributed by atoms with E-state index in [1.807, 2.05) is 13.0 Å². The zero-order valence-electron chi connectivity index (χ0n) is 15.0.